The Morgan fingerprint density at radius 3 is 2.85 bits per heavy atom. The summed E-state index contributed by atoms with van der Waals surface area (Å²) in [6, 6.07) is 1.84. The van der Waals surface area contributed by atoms with Gasteiger partial charge in [-0.1, -0.05) is 12.0 Å². The van der Waals surface area contributed by atoms with Crippen LogP contribution in [0.1, 0.15) is 6.92 Å². The van der Waals surface area contributed by atoms with Crippen molar-refractivity contribution in [3.05, 3.63) is 23.5 Å². The maximum Gasteiger partial charge on any atom is 0.130 e. The van der Waals surface area contributed by atoms with Gasteiger partial charge in [-0.2, -0.15) is 5.26 Å². The van der Waals surface area contributed by atoms with Gasteiger partial charge >= 0.3 is 0 Å². The second-order valence-electron chi connectivity index (χ2n) is 3.03. The van der Waals surface area contributed by atoms with E-state index in [1.165, 1.54) is 6.08 Å². The van der Waals surface area contributed by atoms with Crippen molar-refractivity contribution in [2.24, 2.45) is 5.41 Å². The van der Waals surface area contributed by atoms with Crippen molar-refractivity contribution in [2.45, 2.75) is 12.3 Å². The third-order valence-electron chi connectivity index (χ3n) is 2.07. The summed E-state index contributed by atoms with van der Waals surface area (Å²) in [7, 11) is 0. The fourth-order valence-corrected chi connectivity index (χ4v) is 1.39. The molecule has 0 spiro atoms. The van der Waals surface area contributed by atoms with Crippen LogP contribution in [-0.4, -0.2) is 10.5 Å². The van der Waals surface area contributed by atoms with Crippen molar-refractivity contribution in [3.8, 4) is 18.4 Å². The van der Waals surface area contributed by atoms with Crippen molar-refractivity contribution in [1.29, 1.82) is 5.26 Å². The van der Waals surface area contributed by atoms with Crippen LogP contribution in [0.25, 0.3) is 0 Å². The minimum atomic E-state index is -0.696. The first kappa shape index (κ1) is 9.71. The van der Waals surface area contributed by atoms with Crippen molar-refractivity contribution in [2.75, 3.05) is 0 Å². The molecule has 1 aliphatic rings. The molecule has 66 valence electrons. The highest BCUT2D eigenvalue weighted by Crippen LogP contribution is 2.36. The molecule has 0 amide bonds. The predicted molar refractivity (Wildman–Crippen MR) is 51.0 cm³/mol. The van der Waals surface area contributed by atoms with Crippen LogP contribution < -0.4 is 0 Å². The summed E-state index contributed by atoms with van der Waals surface area (Å²) in [5, 5.41) is 17.3. The molecule has 1 rings (SSSR count). The van der Waals surface area contributed by atoms with Gasteiger partial charge in [-0.15, -0.1) is 18.0 Å². The first-order valence-electron chi connectivity index (χ1n) is 3.69. The topological polar surface area (TPSA) is 44.0 Å². The van der Waals surface area contributed by atoms with E-state index in [0.717, 1.165) is 0 Å². The van der Waals surface area contributed by atoms with Crippen LogP contribution in [0.5, 0.6) is 0 Å². The zero-order valence-electron chi connectivity index (χ0n) is 7.08. The molecule has 2 nitrogen and oxygen atoms in total. The largest absolute Gasteiger partial charge is 0.507 e. The van der Waals surface area contributed by atoms with E-state index in [1.807, 2.05) is 6.07 Å². The second kappa shape index (κ2) is 3.17. The first-order chi connectivity index (χ1) is 6.05. The van der Waals surface area contributed by atoms with E-state index < -0.39 is 10.8 Å². The zero-order chi connectivity index (χ0) is 10.1. The Labute approximate surface area is 82.1 Å². The first-order valence-corrected chi connectivity index (χ1v) is 4.13. The fraction of sp³-hybridized carbons (Fsp3) is 0.300. The van der Waals surface area contributed by atoms with Crippen LogP contribution in [-0.2, 0) is 0 Å². The summed E-state index contributed by atoms with van der Waals surface area (Å²) >= 11 is 5.95. The van der Waals surface area contributed by atoms with Crippen LogP contribution in [0, 0.1) is 29.1 Å². The molecule has 0 aromatic carbocycles. The van der Waals surface area contributed by atoms with Crippen molar-refractivity contribution >= 4 is 11.6 Å². The maximum absolute atomic E-state index is 9.28. The number of rotatable bonds is 0. The Kier molecular flexibility index (Phi) is 2.36. The lowest BCUT2D eigenvalue weighted by Crippen LogP contribution is -2.28. The van der Waals surface area contributed by atoms with Crippen LogP contribution in [0.4, 0.5) is 0 Å². The number of terminal acetylenes is 1. The Bertz CT molecular complexity index is 369. The van der Waals surface area contributed by atoms with Gasteiger partial charge in [0.05, 0.1) is 16.4 Å². The smallest absolute Gasteiger partial charge is 0.130 e. The van der Waals surface area contributed by atoms with E-state index >= 15 is 0 Å². The summed E-state index contributed by atoms with van der Waals surface area (Å²) in [5.74, 6) is 2.40. The van der Waals surface area contributed by atoms with Gasteiger partial charge in [-0.05, 0) is 13.0 Å². The summed E-state index contributed by atoms with van der Waals surface area (Å²) in [6.45, 7) is 1.74. The molecule has 2 atom stereocenters. The molecular weight excluding hydrogens is 186 g/mol. The highest BCUT2D eigenvalue weighted by atomic mass is 35.5. The lowest BCUT2D eigenvalue weighted by atomic mass is 9.80. The normalized spacial score (nSPS) is 32.5. The van der Waals surface area contributed by atoms with Gasteiger partial charge in [0.25, 0.3) is 0 Å². The highest BCUT2D eigenvalue weighted by molar-refractivity contribution is 6.24. The Hall–Kier alpha value is -1.38. The number of alkyl halides is 1. The maximum atomic E-state index is 9.28. The molecule has 0 aromatic heterocycles. The van der Waals surface area contributed by atoms with Crippen LogP contribution in [0.15, 0.2) is 23.5 Å². The minimum Gasteiger partial charge on any atom is -0.507 e. The number of hydrogen-bond acceptors (Lipinski definition) is 2. The lowest BCUT2D eigenvalue weighted by Gasteiger charge is -2.28. The van der Waals surface area contributed by atoms with E-state index in [0.29, 0.717) is 0 Å². The van der Waals surface area contributed by atoms with Crippen LogP contribution in [0.3, 0.4) is 0 Å². The quantitative estimate of drug-likeness (QED) is 0.473. The van der Waals surface area contributed by atoms with E-state index in [-0.39, 0.29) is 11.3 Å². The molecule has 0 fully saturated rings. The molecule has 0 saturated heterocycles. The monoisotopic (exact) mass is 193 g/mol. The van der Waals surface area contributed by atoms with E-state index in [2.05, 4.69) is 5.92 Å². The van der Waals surface area contributed by atoms with Gasteiger partial charge < -0.3 is 5.11 Å². The average molecular weight is 194 g/mol. The molecule has 0 aromatic rings. The minimum absolute atomic E-state index is 0.102. The molecule has 2 unspecified atom stereocenters. The fourth-order valence-electron chi connectivity index (χ4n) is 1.09. The molecule has 3 heteroatoms. The molecule has 1 aliphatic carbocycles. The number of aliphatic hydroxyl groups excluding tert-OH is 1. The SMILES string of the molecule is C#CC1(C)C=CC(O)=C(C#N)C1Cl. The molecule has 0 aliphatic heterocycles. The van der Waals surface area contributed by atoms with E-state index in [9.17, 15) is 5.11 Å². The predicted octanol–water partition coefficient (Wildman–Crippen LogP) is 2.14. The van der Waals surface area contributed by atoms with E-state index in [1.54, 1.807) is 13.0 Å². The van der Waals surface area contributed by atoms with Crippen LogP contribution >= 0.6 is 11.6 Å². The van der Waals surface area contributed by atoms with E-state index in [4.69, 9.17) is 23.3 Å². The third-order valence-corrected chi connectivity index (χ3v) is 2.75. The molecule has 0 saturated carbocycles. The summed E-state index contributed by atoms with van der Waals surface area (Å²) in [6.07, 6.45) is 8.33. The van der Waals surface area contributed by atoms with Crippen molar-refractivity contribution in [1.82, 2.24) is 0 Å². The number of allylic oxidation sites excluding steroid dienone is 3. The van der Waals surface area contributed by atoms with Gasteiger partial charge in [0, 0.05) is 0 Å². The van der Waals surface area contributed by atoms with Gasteiger partial charge in [0.15, 0.2) is 0 Å². The Morgan fingerprint density at radius 1 is 1.77 bits per heavy atom. The molecule has 0 bridgehead atoms. The molecule has 0 heterocycles. The second-order valence-corrected chi connectivity index (χ2v) is 3.47. The molecule has 13 heavy (non-hydrogen) atoms. The highest BCUT2D eigenvalue weighted by Gasteiger charge is 2.35. The number of aliphatic hydroxyl groups is 1. The molecular formula is C10H8ClNO. The van der Waals surface area contributed by atoms with Gasteiger partial charge in [0.1, 0.15) is 11.8 Å². The number of nitriles is 1. The number of nitrogens with zero attached hydrogens (tertiary/aromatic N) is 1. The number of hydrogen-bond donors (Lipinski definition) is 1. The van der Waals surface area contributed by atoms with Gasteiger partial charge in [-0.25, -0.2) is 0 Å². The third kappa shape index (κ3) is 1.41. The zero-order valence-corrected chi connectivity index (χ0v) is 7.84. The molecule has 1 N–H and O–H groups in total. The van der Waals surface area contributed by atoms with Gasteiger partial charge in [-0.3, -0.25) is 0 Å². The molecule has 0 radical (unpaired) electrons. The Morgan fingerprint density at radius 2 is 2.38 bits per heavy atom. The van der Waals surface area contributed by atoms with Crippen molar-refractivity contribution in [3.63, 3.8) is 0 Å². The number of halogens is 1. The van der Waals surface area contributed by atoms with Crippen molar-refractivity contribution < 1.29 is 5.11 Å². The Balaban J connectivity index is 3.21. The van der Waals surface area contributed by atoms with Crippen LogP contribution in [0.2, 0.25) is 0 Å². The lowest BCUT2D eigenvalue weighted by molar-refractivity contribution is 0.410. The summed E-state index contributed by atoms with van der Waals surface area (Å²) in [4.78, 5) is 0. The summed E-state index contributed by atoms with van der Waals surface area (Å²) in [5.41, 5.74) is -0.566. The van der Waals surface area contributed by atoms with Gasteiger partial charge in [0.2, 0.25) is 0 Å². The summed E-state index contributed by atoms with van der Waals surface area (Å²) < 4.78 is 0. The average Bonchev–Trinajstić information content (AvgIpc) is 2.13. The standard InChI is InChI=1S/C10H8ClNO/c1-3-10(2)5-4-8(13)7(6-12)9(10)11/h1,4-5,9,13H,2H3.